The Bertz CT molecular complexity index is 1050. The standard InChI is InChI=1S/C23H29NO7S/c1-16(25)8-10-24-20-12-17(6-7-21(20)29-3)15-32(26,27)11-9-19-22(30-4)13-18(28-2)14-23(19)31-5/h6-8,10,12-14,24H,9,11,15H2,1-5H3/b10-8-. The van der Waals surface area contributed by atoms with Crippen molar-refractivity contribution in [2.24, 2.45) is 0 Å². The van der Waals surface area contributed by atoms with Crippen molar-refractivity contribution < 1.29 is 32.2 Å². The average molecular weight is 464 g/mol. The normalized spacial score (nSPS) is 11.3. The van der Waals surface area contributed by atoms with Crippen LogP contribution in [0.1, 0.15) is 18.1 Å². The van der Waals surface area contributed by atoms with Crippen LogP contribution >= 0.6 is 0 Å². The van der Waals surface area contributed by atoms with Gasteiger partial charge in [-0.3, -0.25) is 4.79 Å². The second-order valence-corrected chi connectivity index (χ2v) is 9.16. The second kappa shape index (κ2) is 11.4. The molecule has 0 aliphatic rings. The molecule has 0 radical (unpaired) electrons. The minimum Gasteiger partial charge on any atom is -0.496 e. The Hall–Kier alpha value is -3.20. The van der Waals surface area contributed by atoms with Crippen molar-refractivity contribution >= 4 is 21.3 Å². The lowest BCUT2D eigenvalue weighted by Gasteiger charge is -2.15. The number of carbonyl (C=O) groups excluding carboxylic acids is 1. The molecule has 1 N–H and O–H groups in total. The summed E-state index contributed by atoms with van der Waals surface area (Å²) in [6.07, 6.45) is 3.08. The molecule has 8 nitrogen and oxygen atoms in total. The van der Waals surface area contributed by atoms with Gasteiger partial charge in [-0.1, -0.05) is 6.07 Å². The van der Waals surface area contributed by atoms with E-state index in [1.165, 1.54) is 47.6 Å². The van der Waals surface area contributed by atoms with E-state index >= 15 is 0 Å². The number of sulfone groups is 1. The monoisotopic (exact) mass is 463 g/mol. The van der Waals surface area contributed by atoms with Crippen molar-refractivity contribution in [3.8, 4) is 23.0 Å². The van der Waals surface area contributed by atoms with Crippen molar-refractivity contribution in [1.29, 1.82) is 0 Å². The molecule has 0 aliphatic heterocycles. The van der Waals surface area contributed by atoms with E-state index in [4.69, 9.17) is 18.9 Å². The molecule has 0 fully saturated rings. The van der Waals surface area contributed by atoms with Crippen LogP contribution in [0.5, 0.6) is 23.0 Å². The SMILES string of the molecule is COc1cc(OC)c(CCS(=O)(=O)Cc2ccc(OC)c(N/C=C\C(C)=O)c2)c(OC)c1. The number of nitrogens with one attached hydrogen (secondary N) is 1. The molecule has 0 atom stereocenters. The third kappa shape index (κ3) is 6.91. The van der Waals surface area contributed by atoms with E-state index in [0.29, 0.717) is 39.8 Å². The Morgan fingerprint density at radius 3 is 2.09 bits per heavy atom. The maximum Gasteiger partial charge on any atom is 0.154 e. The molecule has 0 heterocycles. The van der Waals surface area contributed by atoms with Crippen molar-refractivity contribution in [3.63, 3.8) is 0 Å². The van der Waals surface area contributed by atoms with E-state index in [-0.39, 0.29) is 23.7 Å². The third-order valence-corrected chi connectivity index (χ3v) is 6.29. The fourth-order valence-corrected chi connectivity index (χ4v) is 4.46. The van der Waals surface area contributed by atoms with Crippen LogP contribution in [0, 0.1) is 0 Å². The van der Waals surface area contributed by atoms with Gasteiger partial charge < -0.3 is 24.3 Å². The highest BCUT2D eigenvalue weighted by Gasteiger charge is 2.19. The largest absolute Gasteiger partial charge is 0.496 e. The van der Waals surface area contributed by atoms with Crippen LogP contribution in [0.3, 0.4) is 0 Å². The smallest absolute Gasteiger partial charge is 0.154 e. The number of hydrogen-bond acceptors (Lipinski definition) is 8. The number of hydrogen-bond donors (Lipinski definition) is 1. The zero-order chi connectivity index (χ0) is 23.7. The van der Waals surface area contributed by atoms with Gasteiger partial charge in [-0.05, 0) is 37.1 Å². The van der Waals surface area contributed by atoms with Crippen LogP contribution in [0.4, 0.5) is 5.69 Å². The lowest BCUT2D eigenvalue weighted by molar-refractivity contribution is -0.112. The van der Waals surface area contributed by atoms with Gasteiger partial charge in [0.2, 0.25) is 0 Å². The van der Waals surface area contributed by atoms with E-state index < -0.39 is 9.84 Å². The van der Waals surface area contributed by atoms with Gasteiger partial charge in [0.05, 0.1) is 45.6 Å². The fourth-order valence-electron chi connectivity index (χ4n) is 3.11. The zero-order valence-electron chi connectivity index (χ0n) is 18.9. The van der Waals surface area contributed by atoms with E-state index in [1.807, 2.05) is 0 Å². The van der Waals surface area contributed by atoms with Crippen molar-refractivity contribution in [2.75, 3.05) is 39.5 Å². The van der Waals surface area contributed by atoms with Crippen LogP contribution in [0.2, 0.25) is 0 Å². The molecule has 9 heteroatoms. The molecule has 0 aliphatic carbocycles. The Morgan fingerprint density at radius 1 is 0.938 bits per heavy atom. The second-order valence-electron chi connectivity index (χ2n) is 6.98. The first-order valence-electron chi connectivity index (χ1n) is 9.82. The number of ether oxygens (including phenoxy) is 4. The van der Waals surface area contributed by atoms with Crippen molar-refractivity contribution in [1.82, 2.24) is 0 Å². The summed E-state index contributed by atoms with van der Waals surface area (Å²) < 4.78 is 47.0. The van der Waals surface area contributed by atoms with Crippen molar-refractivity contribution in [3.05, 3.63) is 53.7 Å². The molecular weight excluding hydrogens is 434 g/mol. The number of carbonyl (C=O) groups is 1. The Kier molecular flexibility index (Phi) is 8.95. The molecule has 0 saturated carbocycles. The topological polar surface area (TPSA) is 100 Å². The van der Waals surface area contributed by atoms with Crippen LogP contribution in [-0.2, 0) is 26.8 Å². The third-order valence-electron chi connectivity index (χ3n) is 4.69. The highest BCUT2D eigenvalue weighted by Crippen LogP contribution is 2.35. The number of benzene rings is 2. The maximum atomic E-state index is 12.8. The van der Waals surface area contributed by atoms with Gasteiger partial charge in [0.1, 0.15) is 23.0 Å². The minimum atomic E-state index is -3.45. The number of allylic oxidation sites excluding steroid dienone is 1. The van der Waals surface area contributed by atoms with Gasteiger partial charge in [-0.15, -0.1) is 0 Å². The molecule has 0 aromatic heterocycles. The van der Waals surface area contributed by atoms with Gasteiger partial charge in [0.15, 0.2) is 15.6 Å². The summed E-state index contributed by atoms with van der Waals surface area (Å²) in [4.78, 5) is 11.1. The molecule has 174 valence electrons. The van der Waals surface area contributed by atoms with Gasteiger partial charge in [-0.25, -0.2) is 8.42 Å². The van der Waals surface area contributed by atoms with Gasteiger partial charge >= 0.3 is 0 Å². The maximum absolute atomic E-state index is 12.8. The predicted octanol–water partition coefficient (Wildman–Crippen LogP) is 3.39. The molecule has 2 rings (SSSR count). The lowest BCUT2D eigenvalue weighted by atomic mass is 10.1. The summed E-state index contributed by atoms with van der Waals surface area (Å²) in [6.45, 7) is 1.44. The van der Waals surface area contributed by atoms with Crippen LogP contribution < -0.4 is 24.3 Å². The average Bonchev–Trinajstić information content (AvgIpc) is 2.76. The highest BCUT2D eigenvalue weighted by molar-refractivity contribution is 7.90. The summed E-state index contributed by atoms with van der Waals surface area (Å²) in [7, 11) is 2.62. The molecule has 32 heavy (non-hydrogen) atoms. The molecule has 0 amide bonds. The Labute approximate surface area is 189 Å². The Balaban J connectivity index is 2.20. The number of rotatable bonds is 12. The minimum absolute atomic E-state index is 0.0922. The Morgan fingerprint density at radius 2 is 1.56 bits per heavy atom. The van der Waals surface area contributed by atoms with E-state index in [1.54, 1.807) is 30.3 Å². The van der Waals surface area contributed by atoms with Gasteiger partial charge in [-0.2, -0.15) is 0 Å². The van der Waals surface area contributed by atoms with Crippen LogP contribution in [0.25, 0.3) is 0 Å². The summed E-state index contributed by atoms with van der Waals surface area (Å²) >= 11 is 0. The lowest BCUT2D eigenvalue weighted by Crippen LogP contribution is -2.13. The highest BCUT2D eigenvalue weighted by atomic mass is 32.2. The summed E-state index contributed by atoms with van der Waals surface area (Å²) in [6, 6.07) is 8.46. The molecule has 0 bridgehead atoms. The van der Waals surface area contributed by atoms with Crippen LogP contribution in [0.15, 0.2) is 42.6 Å². The first-order chi connectivity index (χ1) is 15.2. The molecule has 0 unspecified atom stereocenters. The first-order valence-corrected chi connectivity index (χ1v) is 11.6. The van der Waals surface area contributed by atoms with Crippen LogP contribution in [-0.4, -0.2) is 48.4 Å². The predicted molar refractivity (Wildman–Crippen MR) is 124 cm³/mol. The molecule has 2 aromatic rings. The number of methoxy groups -OCH3 is 4. The van der Waals surface area contributed by atoms with Gasteiger partial charge in [0.25, 0.3) is 0 Å². The van der Waals surface area contributed by atoms with E-state index in [2.05, 4.69) is 5.32 Å². The van der Waals surface area contributed by atoms with Crippen molar-refractivity contribution in [2.45, 2.75) is 19.1 Å². The molecule has 0 spiro atoms. The van der Waals surface area contributed by atoms with E-state index in [0.717, 1.165) is 0 Å². The summed E-state index contributed by atoms with van der Waals surface area (Å²) in [5.74, 6) is 1.75. The number of ketones is 1. The molecular formula is C23H29NO7S. The zero-order valence-corrected chi connectivity index (χ0v) is 19.7. The first kappa shape index (κ1) is 25.1. The summed E-state index contributed by atoms with van der Waals surface area (Å²) in [5, 5.41) is 2.95. The summed E-state index contributed by atoms with van der Waals surface area (Å²) in [5.41, 5.74) is 1.82. The molecule has 0 saturated heterocycles. The quantitative estimate of drug-likeness (QED) is 0.478. The molecule has 2 aromatic carbocycles. The fraction of sp³-hybridized carbons (Fsp3) is 0.348. The van der Waals surface area contributed by atoms with E-state index in [9.17, 15) is 13.2 Å². The number of anilines is 1. The van der Waals surface area contributed by atoms with Gasteiger partial charge in [0, 0.05) is 23.9 Å².